The molecular weight excluding hydrogens is 258 g/mol. The van der Waals surface area contributed by atoms with Gasteiger partial charge in [-0.1, -0.05) is 33.8 Å². The lowest BCUT2D eigenvalue weighted by Crippen LogP contribution is -2.02. The Morgan fingerprint density at radius 3 is 2.05 bits per heavy atom. The van der Waals surface area contributed by atoms with Crippen LogP contribution < -0.4 is 5.73 Å². The minimum atomic E-state index is 0.237. The van der Waals surface area contributed by atoms with Gasteiger partial charge in [-0.05, 0) is 46.2 Å². The Bertz CT molecular complexity index is 650. The largest absolute Gasteiger partial charge is 0.398 e. The van der Waals surface area contributed by atoms with Crippen molar-refractivity contribution in [3.8, 4) is 12.1 Å². The van der Waals surface area contributed by atoms with Crippen LogP contribution in [-0.2, 0) is 0 Å². The summed E-state index contributed by atoms with van der Waals surface area (Å²) in [6, 6.07) is 10.1. The maximum absolute atomic E-state index is 8.98. The zero-order valence-corrected chi connectivity index (χ0v) is 13.0. The van der Waals surface area contributed by atoms with Gasteiger partial charge in [0.2, 0.25) is 0 Å². The topological polar surface area (TPSA) is 73.6 Å². The molecular formula is C18H21N3. The molecule has 21 heavy (non-hydrogen) atoms. The summed E-state index contributed by atoms with van der Waals surface area (Å²) >= 11 is 0. The molecule has 0 amide bonds. The number of nitrogens with zero attached hydrogens (tertiary/aromatic N) is 2. The summed E-state index contributed by atoms with van der Waals surface area (Å²) in [5, 5.41) is 17.7. The van der Waals surface area contributed by atoms with Crippen LogP contribution in [0.1, 0.15) is 50.3 Å². The van der Waals surface area contributed by atoms with Crippen molar-refractivity contribution in [1.82, 2.24) is 0 Å². The van der Waals surface area contributed by atoms with Gasteiger partial charge in [-0.3, -0.25) is 0 Å². The van der Waals surface area contributed by atoms with E-state index in [1.165, 1.54) is 6.08 Å². The van der Waals surface area contributed by atoms with Crippen molar-refractivity contribution in [1.29, 1.82) is 10.5 Å². The van der Waals surface area contributed by atoms with Crippen LogP contribution in [0, 0.1) is 28.6 Å². The molecule has 0 fully saturated rings. The van der Waals surface area contributed by atoms with Crippen molar-refractivity contribution in [3.63, 3.8) is 0 Å². The van der Waals surface area contributed by atoms with Crippen molar-refractivity contribution in [3.05, 3.63) is 47.0 Å². The monoisotopic (exact) mass is 279 g/mol. The summed E-state index contributed by atoms with van der Waals surface area (Å²) in [7, 11) is 0. The Hall–Kier alpha value is -2.52. The van der Waals surface area contributed by atoms with E-state index in [1.807, 2.05) is 18.2 Å². The quantitative estimate of drug-likeness (QED) is 0.839. The highest BCUT2D eigenvalue weighted by Crippen LogP contribution is 2.29. The van der Waals surface area contributed by atoms with E-state index >= 15 is 0 Å². The fraction of sp³-hybridized carbons (Fsp3) is 0.333. The standard InChI is InChI=1S/C18H21N3/c1-12(2)14-9-15(17(5-7-19)13(3)4)11-16(10-14)18(21)6-8-20/h5-6,9-13H,21H2,1-4H3/b17-5+,18-6-. The average molecular weight is 279 g/mol. The zero-order valence-electron chi connectivity index (χ0n) is 13.0. The molecule has 2 N–H and O–H groups in total. The van der Waals surface area contributed by atoms with E-state index in [4.69, 9.17) is 16.3 Å². The molecule has 0 unspecified atom stereocenters. The second kappa shape index (κ2) is 7.31. The molecule has 0 aliphatic carbocycles. The van der Waals surface area contributed by atoms with Gasteiger partial charge in [-0.25, -0.2) is 0 Å². The van der Waals surface area contributed by atoms with E-state index in [2.05, 4.69) is 39.8 Å². The van der Waals surface area contributed by atoms with Crippen LogP contribution in [0.15, 0.2) is 30.4 Å². The molecule has 0 heterocycles. The van der Waals surface area contributed by atoms with Crippen LogP contribution in [0.5, 0.6) is 0 Å². The van der Waals surface area contributed by atoms with Gasteiger partial charge in [0.1, 0.15) is 0 Å². The fourth-order valence-electron chi connectivity index (χ4n) is 2.12. The molecule has 0 bridgehead atoms. The summed E-state index contributed by atoms with van der Waals surface area (Å²) < 4.78 is 0. The summed E-state index contributed by atoms with van der Waals surface area (Å²) in [5.41, 5.74) is 10.3. The molecule has 0 spiro atoms. The molecule has 1 aromatic carbocycles. The Balaban J connectivity index is 3.54. The molecule has 3 heteroatoms. The molecule has 1 rings (SSSR count). The van der Waals surface area contributed by atoms with Crippen molar-refractivity contribution < 1.29 is 0 Å². The predicted octanol–water partition coefficient (Wildman–Crippen LogP) is 4.20. The van der Waals surface area contributed by atoms with Crippen LogP contribution in [0.2, 0.25) is 0 Å². The molecule has 1 aromatic rings. The van der Waals surface area contributed by atoms with Crippen molar-refractivity contribution in [2.75, 3.05) is 0 Å². The number of allylic oxidation sites excluding steroid dienone is 3. The SMILES string of the molecule is CC(C)/C(=C\C#N)c1cc(/C(N)=C/C#N)cc(C(C)C)c1. The third-order valence-corrected chi connectivity index (χ3v) is 3.35. The van der Waals surface area contributed by atoms with E-state index < -0.39 is 0 Å². The number of rotatable bonds is 4. The van der Waals surface area contributed by atoms with Gasteiger partial charge in [0.15, 0.2) is 0 Å². The molecule has 0 radical (unpaired) electrons. The van der Waals surface area contributed by atoms with Crippen molar-refractivity contribution in [2.24, 2.45) is 11.7 Å². The number of hydrogen-bond donors (Lipinski definition) is 1. The maximum Gasteiger partial charge on any atom is 0.0933 e. The molecule has 108 valence electrons. The van der Waals surface area contributed by atoms with Crippen molar-refractivity contribution >= 4 is 11.3 Å². The lowest BCUT2D eigenvalue weighted by molar-refractivity contribution is 0.846. The van der Waals surface area contributed by atoms with E-state index in [0.29, 0.717) is 11.6 Å². The molecule has 3 nitrogen and oxygen atoms in total. The second-order valence-corrected chi connectivity index (χ2v) is 5.61. The molecule has 0 saturated carbocycles. The first-order chi connectivity index (χ1) is 9.90. The predicted molar refractivity (Wildman–Crippen MR) is 86.7 cm³/mol. The van der Waals surface area contributed by atoms with Gasteiger partial charge < -0.3 is 5.73 Å². The van der Waals surface area contributed by atoms with Crippen molar-refractivity contribution in [2.45, 2.75) is 33.6 Å². The van der Waals surface area contributed by atoms with E-state index in [0.717, 1.165) is 22.3 Å². The first-order valence-corrected chi connectivity index (χ1v) is 7.01. The highest BCUT2D eigenvalue weighted by atomic mass is 14.6. The summed E-state index contributed by atoms with van der Waals surface area (Å²) in [6.45, 7) is 8.32. The molecule has 0 saturated heterocycles. The lowest BCUT2D eigenvalue weighted by Gasteiger charge is -2.16. The fourth-order valence-corrected chi connectivity index (χ4v) is 2.12. The van der Waals surface area contributed by atoms with Gasteiger partial charge in [0.05, 0.1) is 12.1 Å². The summed E-state index contributed by atoms with van der Waals surface area (Å²) in [5.74, 6) is 0.579. The summed E-state index contributed by atoms with van der Waals surface area (Å²) in [6.07, 6.45) is 2.92. The van der Waals surface area contributed by atoms with Gasteiger partial charge in [0, 0.05) is 17.8 Å². The van der Waals surface area contributed by atoms with Gasteiger partial charge in [0.25, 0.3) is 0 Å². The summed E-state index contributed by atoms with van der Waals surface area (Å²) in [4.78, 5) is 0. The van der Waals surface area contributed by atoms with Gasteiger partial charge in [-0.15, -0.1) is 0 Å². The third kappa shape index (κ3) is 4.23. The van der Waals surface area contributed by atoms with Crippen LogP contribution in [0.4, 0.5) is 0 Å². The minimum Gasteiger partial charge on any atom is -0.398 e. The van der Waals surface area contributed by atoms with Gasteiger partial charge >= 0.3 is 0 Å². The Kier molecular flexibility index (Phi) is 5.76. The number of hydrogen-bond acceptors (Lipinski definition) is 3. The molecule has 0 aliphatic rings. The molecule has 0 aromatic heterocycles. The van der Waals surface area contributed by atoms with Crippen LogP contribution >= 0.6 is 0 Å². The van der Waals surface area contributed by atoms with E-state index in [9.17, 15) is 0 Å². The number of nitrogens with two attached hydrogens (primary N) is 1. The van der Waals surface area contributed by atoms with E-state index in [-0.39, 0.29) is 5.92 Å². The zero-order chi connectivity index (χ0) is 16.0. The third-order valence-electron chi connectivity index (χ3n) is 3.35. The number of benzene rings is 1. The van der Waals surface area contributed by atoms with Crippen LogP contribution in [0.25, 0.3) is 11.3 Å². The first kappa shape index (κ1) is 16.5. The highest BCUT2D eigenvalue weighted by Gasteiger charge is 2.12. The Morgan fingerprint density at radius 2 is 1.57 bits per heavy atom. The second-order valence-electron chi connectivity index (χ2n) is 5.61. The van der Waals surface area contributed by atoms with Gasteiger partial charge in [-0.2, -0.15) is 10.5 Å². The number of nitriles is 2. The normalized spacial score (nSPS) is 12.4. The van der Waals surface area contributed by atoms with E-state index in [1.54, 1.807) is 6.08 Å². The first-order valence-electron chi connectivity index (χ1n) is 7.01. The Morgan fingerprint density at radius 1 is 1.00 bits per heavy atom. The van der Waals surface area contributed by atoms with Crippen LogP contribution in [-0.4, -0.2) is 0 Å². The maximum atomic E-state index is 8.98. The highest BCUT2D eigenvalue weighted by molar-refractivity contribution is 5.74. The molecule has 0 aliphatic heterocycles. The average Bonchev–Trinajstić information content (AvgIpc) is 2.44. The smallest absolute Gasteiger partial charge is 0.0933 e. The molecule has 0 atom stereocenters. The van der Waals surface area contributed by atoms with Crippen LogP contribution in [0.3, 0.4) is 0 Å². The minimum absolute atomic E-state index is 0.237. The lowest BCUT2D eigenvalue weighted by atomic mass is 9.89. The Labute approximate surface area is 127 Å².